The minimum absolute atomic E-state index is 0.100. The third kappa shape index (κ3) is 3.39. The van der Waals surface area contributed by atoms with Crippen molar-refractivity contribution in [3.05, 3.63) is 88.4 Å². The Kier molecular flexibility index (Phi) is 4.20. The molecule has 25 heavy (non-hydrogen) atoms. The number of nitrogens with one attached hydrogen (secondary N) is 1. The van der Waals surface area contributed by atoms with Crippen LogP contribution < -0.4 is 0 Å². The average Bonchev–Trinajstić information content (AvgIpc) is 3.06. The largest absolute Gasteiger partial charge is 0.338 e. The number of fused-ring (bicyclic) bond motifs is 1. The fraction of sp³-hybridized carbons (Fsp3) is 0.0476. The number of hydrogen-bond acceptors (Lipinski definition) is 2. The molecule has 0 saturated carbocycles. The number of halogens is 1. The summed E-state index contributed by atoms with van der Waals surface area (Å²) in [6, 6.07) is 23.4. The van der Waals surface area contributed by atoms with Gasteiger partial charge in [0.15, 0.2) is 5.78 Å². The first kappa shape index (κ1) is 15.8. The molecule has 0 aliphatic carbocycles. The predicted molar refractivity (Wildman–Crippen MR) is 104 cm³/mol. The van der Waals surface area contributed by atoms with Gasteiger partial charge in [0.1, 0.15) is 5.82 Å². The first-order valence-corrected chi connectivity index (χ1v) is 8.81. The van der Waals surface area contributed by atoms with Crippen molar-refractivity contribution in [2.24, 2.45) is 0 Å². The molecule has 0 spiro atoms. The molecule has 4 heteroatoms. The first-order chi connectivity index (χ1) is 12.2. The lowest BCUT2D eigenvalue weighted by molar-refractivity contribution is 0.0993. The van der Waals surface area contributed by atoms with Crippen LogP contribution in [0, 0.1) is 0 Å². The Morgan fingerprint density at radius 1 is 0.960 bits per heavy atom. The van der Waals surface area contributed by atoms with E-state index in [0.717, 1.165) is 32.5 Å². The van der Waals surface area contributed by atoms with Crippen LogP contribution in [-0.4, -0.2) is 15.8 Å². The van der Waals surface area contributed by atoms with E-state index in [4.69, 9.17) is 0 Å². The first-order valence-electron chi connectivity index (χ1n) is 8.02. The summed E-state index contributed by atoms with van der Waals surface area (Å²) in [6.45, 7) is 0. The molecule has 0 radical (unpaired) electrons. The van der Waals surface area contributed by atoms with Crippen LogP contribution in [0.15, 0.2) is 77.3 Å². The smallest absolute Gasteiger partial charge is 0.167 e. The van der Waals surface area contributed by atoms with Crippen LogP contribution in [0.2, 0.25) is 0 Å². The van der Waals surface area contributed by atoms with E-state index in [1.807, 2.05) is 72.8 Å². The highest BCUT2D eigenvalue weighted by molar-refractivity contribution is 9.10. The Hall–Kier alpha value is -2.72. The molecule has 122 valence electrons. The van der Waals surface area contributed by atoms with Crippen molar-refractivity contribution in [3.8, 4) is 11.4 Å². The Balaban J connectivity index is 1.62. The fourth-order valence-corrected chi connectivity index (χ4v) is 3.25. The Labute approximate surface area is 153 Å². The highest BCUT2D eigenvalue weighted by Gasteiger charge is 2.10. The standard InChI is InChI=1S/C21H15BrN2O/c22-17-8-4-7-16(13-17)20(25)12-14-9-10-18-19(11-14)24-21(23-18)15-5-2-1-3-6-15/h1-11,13H,12H2,(H,23,24). The van der Waals surface area contributed by atoms with Gasteiger partial charge in [-0.3, -0.25) is 4.79 Å². The Morgan fingerprint density at radius 2 is 1.80 bits per heavy atom. The van der Waals surface area contributed by atoms with Crippen molar-refractivity contribution >= 4 is 32.7 Å². The molecular formula is C21H15BrN2O. The number of aromatic amines is 1. The molecule has 0 amide bonds. The van der Waals surface area contributed by atoms with Crippen LogP contribution in [0.25, 0.3) is 22.4 Å². The summed E-state index contributed by atoms with van der Waals surface area (Å²) in [5, 5.41) is 0. The predicted octanol–water partition coefficient (Wildman–Crippen LogP) is 5.42. The lowest BCUT2D eigenvalue weighted by atomic mass is 10.0. The van der Waals surface area contributed by atoms with Crippen molar-refractivity contribution in [2.45, 2.75) is 6.42 Å². The number of ketones is 1. The van der Waals surface area contributed by atoms with E-state index in [9.17, 15) is 4.79 Å². The van der Waals surface area contributed by atoms with Crippen molar-refractivity contribution < 1.29 is 4.79 Å². The van der Waals surface area contributed by atoms with Gasteiger partial charge in [0.25, 0.3) is 0 Å². The number of imidazole rings is 1. The minimum atomic E-state index is 0.100. The molecular weight excluding hydrogens is 376 g/mol. The summed E-state index contributed by atoms with van der Waals surface area (Å²) in [6.07, 6.45) is 0.367. The second-order valence-corrected chi connectivity index (χ2v) is 6.83. The van der Waals surface area contributed by atoms with Gasteiger partial charge in [-0.05, 0) is 29.8 Å². The van der Waals surface area contributed by atoms with Crippen LogP contribution in [-0.2, 0) is 6.42 Å². The van der Waals surface area contributed by atoms with Gasteiger partial charge in [0.2, 0.25) is 0 Å². The highest BCUT2D eigenvalue weighted by atomic mass is 79.9. The van der Waals surface area contributed by atoms with E-state index in [2.05, 4.69) is 25.9 Å². The molecule has 4 rings (SSSR count). The number of carbonyl (C=O) groups excluding carboxylic acids is 1. The summed E-state index contributed by atoms with van der Waals surface area (Å²) in [4.78, 5) is 20.5. The quantitative estimate of drug-likeness (QED) is 0.473. The van der Waals surface area contributed by atoms with Crippen molar-refractivity contribution in [2.75, 3.05) is 0 Å². The fourth-order valence-electron chi connectivity index (χ4n) is 2.85. The monoisotopic (exact) mass is 390 g/mol. The molecule has 0 unspecified atom stereocenters. The molecule has 1 N–H and O–H groups in total. The number of Topliss-reactive ketones (excluding diaryl/α,β-unsaturated/α-hetero) is 1. The number of carbonyl (C=O) groups is 1. The number of aromatic nitrogens is 2. The van der Waals surface area contributed by atoms with E-state index in [1.54, 1.807) is 0 Å². The van der Waals surface area contributed by atoms with Crippen LogP contribution in [0.1, 0.15) is 15.9 Å². The van der Waals surface area contributed by atoms with E-state index >= 15 is 0 Å². The second kappa shape index (κ2) is 6.65. The van der Waals surface area contributed by atoms with Crippen molar-refractivity contribution in [3.63, 3.8) is 0 Å². The Morgan fingerprint density at radius 3 is 2.60 bits per heavy atom. The number of hydrogen-bond donors (Lipinski definition) is 1. The van der Waals surface area contributed by atoms with E-state index < -0.39 is 0 Å². The van der Waals surface area contributed by atoms with Crippen molar-refractivity contribution in [1.82, 2.24) is 9.97 Å². The van der Waals surface area contributed by atoms with Crippen LogP contribution in [0.4, 0.5) is 0 Å². The van der Waals surface area contributed by atoms with Gasteiger partial charge < -0.3 is 4.98 Å². The van der Waals surface area contributed by atoms with Gasteiger partial charge in [-0.25, -0.2) is 4.98 Å². The highest BCUT2D eigenvalue weighted by Crippen LogP contribution is 2.22. The summed E-state index contributed by atoms with van der Waals surface area (Å²) >= 11 is 3.41. The van der Waals surface area contributed by atoms with Crippen LogP contribution >= 0.6 is 15.9 Å². The van der Waals surface area contributed by atoms with Crippen LogP contribution in [0.3, 0.4) is 0 Å². The maximum atomic E-state index is 12.5. The molecule has 3 nitrogen and oxygen atoms in total. The van der Waals surface area contributed by atoms with E-state index in [0.29, 0.717) is 12.0 Å². The van der Waals surface area contributed by atoms with Gasteiger partial charge in [-0.2, -0.15) is 0 Å². The molecule has 0 fully saturated rings. The number of rotatable bonds is 4. The SMILES string of the molecule is O=C(Cc1ccc2nc(-c3ccccc3)[nH]c2c1)c1cccc(Br)c1. The maximum absolute atomic E-state index is 12.5. The molecule has 1 aromatic heterocycles. The van der Waals surface area contributed by atoms with Gasteiger partial charge >= 0.3 is 0 Å². The van der Waals surface area contributed by atoms with E-state index in [-0.39, 0.29) is 5.78 Å². The minimum Gasteiger partial charge on any atom is -0.338 e. The molecule has 0 saturated heterocycles. The van der Waals surface area contributed by atoms with Crippen molar-refractivity contribution in [1.29, 1.82) is 0 Å². The molecule has 0 aliphatic rings. The van der Waals surface area contributed by atoms with Gasteiger partial charge in [-0.1, -0.05) is 64.5 Å². The maximum Gasteiger partial charge on any atom is 0.167 e. The Bertz CT molecular complexity index is 1050. The van der Waals surface area contributed by atoms with Gasteiger partial charge in [0, 0.05) is 22.0 Å². The molecule has 4 aromatic rings. The molecule has 1 heterocycles. The third-order valence-electron chi connectivity index (χ3n) is 4.10. The topological polar surface area (TPSA) is 45.8 Å². The zero-order chi connectivity index (χ0) is 17.2. The van der Waals surface area contributed by atoms with Gasteiger partial charge in [0.05, 0.1) is 11.0 Å². The summed E-state index contributed by atoms with van der Waals surface area (Å²) in [7, 11) is 0. The summed E-state index contributed by atoms with van der Waals surface area (Å²) in [5.41, 5.74) is 4.58. The zero-order valence-corrected chi connectivity index (χ0v) is 15.0. The number of benzene rings is 3. The number of nitrogens with zero attached hydrogens (tertiary/aromatic N) is 1. The molecule has 0 atom stereocenters. The van der Waals surface area contributed by atoms with E-state index in [1.165, 1.54) is 0 Å². The second-order valence-electron chi connectivity index (χ2n) is 5.91. The normalized spacial score (nSPS) is 10.9. The lowest BCUT2D eigenvalue weighted by Crippen LogP contribution is -2.03. The molecule has 3 aromatic carbocycles. The zero-order valence-electron chi connectivity index (χ0n) is 13.4. The molecule has 0 aliphatic heterocycles. The number of H-pyrrole nitrogens is 1. The lowest BCUT2D eigenvalue weighted by Gasteiger charge is -2.02. The van der Waals surface area contributed by atoms with Crippen LogP contribution in [0.5, 0.6) is 0 Å². The molecule has 0 bridgehead atoms. The average molecular weight is 391 g/mol. The van der Waals surface area contributed by atoms with Gasteiger partial charge in [-0.15, -0.1) is 0 Å². The summed E-state index contributed by atoms with van der Waals surface area (Å²) in [5.74, 6) is 0.939. The summed E-state index contributed by atoms with van der Waals surface area (Å²) < 4.78 is 0.912. The third-order valence-corrected chi connectivity index (χ3v) is 4.60.